The summed E-state index contributed by atoms with van der Waals surface area (Å²) < 4.78 is 0. The Bertz CT molecular complexity index is 564. The van der Waals surface area contributed by atoms with Gasteiger partial charge in [-0.05, 0) is 44.0 Å². The molecule has 0 radical (unpaired) electrons. The number of hydrogen-bond acceptors (Lipinski definition) is 2. The molecule has 1 aromatic rings. The van der Waals surface area contributed by atoms with Gasteiger partial charge in [0.15, 0.2) is 0 Å². The Balaban J connectivity index is 2.56. The van der Waals surface area contributed by atoms with Gasteiger partial charge in [0.05, 0.1) is 22.2 Å². The van der Waals surface area contributed by atoms with Gasteiger partial charge in [-0.25, -0.2) is 0 Å². The normalized spacial score (nSPS) is 18.1. The molecule has 0 saturated carbocycles. The highest BCUT2D eigenvalue weighted by Gasteiger charge is 2.28. The minimum atomic E-state index is -0.843. The molecule has 0 saturated heterocycles. The first-order valence-electron chi connectivity index (χ1n) is 6.23. The number of nitrogens with zero attached hydrogens (tertiary/aromatic N) is 1. The van der Waals surface area contributed by atoms with Gasteiger partial charge in [0.1, 0.15) is 0 Å². The predicted molar refractivity (Wildman–Crippen MR) is 79.0 cm³/mol. The zero-order valence-corrected chi connectivity index (χ0v) is 12.3. The van der Waals surface area contributed by atoms with Gasteiger partial charge in [-0.3, -0.25) is 4.79 Å². The van der Waals surface area contributed by atoms with Gasteiger partial charge in [-0.2, -0.15) is 0 Å². The predicted octanol–water partition coefficient (Wildman–Crippen LogP) is 3.77. The van der Waals surface area contributed by atoms with E-state index in [0.717, 1.165) is 16.8 Å². The number of rotatable bonds is 2. The average molecular weight is 280 g/mol. The van der Waals surface area contributed by atoms with E-state index in [1.807, 2.05) is 19.2 Å². The van der Waals surface area contributed by atoms with Crippen LogP contribution in [-0.4, -0.2) is 23.7 Å². The third-order valence-electron chi connectivity index (χ3n) is 3.86. The maximum absolute atomic E-state index is 11.1. The molecule has 0 aromatic heterocycles. The molecule has 1 heterocycles. The third kappa shape index (κ3) is 2.35. The Labute approximate surface area is 118 Å². The lowest BCUT2D eigenvalue weighted by molar-refractivity contribution is -0.138. The molecule has 1 unspecified atom stereocenters. The molecule has 2 rings (SSSR count). The highest BCUT2D eigenvalue weighted by atomic mass is 35.5. The summed E-state index contributed by atoms with van der Waals surface area (Å²) in [4.78, 5) is 13.2. The largest absolute Gasteiger partial charge is 0.481 e. The minimum absolute atomic E-state index is 0.101. The fraction of sp³-hybridized carbons (Fsp3) is 0.400. The summed E-state index contributed by atoms with van der Waals surface area (Å²) in [6, 6.07) is 3.66. The van der Waals surface area contributed by atoms with E-state index < -0.39 is 11.9 Å². The lowest BCUT2D eigenvalue weighted by Gasteiger charge is -2.39. The first-order valence-corrected chi connectivity index (χ1v) is 6.61. The molecule has 3 nitrogen and oxygen atoms in total. The zero-order chi connectivity index (χ0) is 14.4. The van der Waals surface area contributed by atoms with Crippen LogP contribution in [0, 0.1) is 0 Å². The number of carboxylic acid groups (broad SMARTS) is 1. The van der Waals surface area contributed by atoms with Crippen LogP contribution in [0.1, 0.15) is 37.8 Å². The maximum atomic E-state index is 11.1. The second-order valence-corrected chi connectivity index (χ2v) is 5.95. The van der Waals surface area contributed by atoms with E-state index in [2.05, 4.69) is 24.8 Å². The van der Waals surface area contributed by atoms with Gasteiger partial charge in [-0.1, -0.05) is 23.8 Å². The topological polar surface area (TPSA) is 40.5 Å². The highest BCUT2D eigenvalue weighted by Crippen LogP contribution is 2.40. The molecule has 1 atom stereocenters. The molecule has 0 spiro atoms. The molecule has 0 amide bonds. The number of benzene rings is 1. The number of halogens is 1. The number of likely N-dealkylation sites (N-methyl/N-ethyl adjacent to an activating group) is 1. The summed E-state index contributed by atoms with van der Waals surface area (Å²) in [6.45, 7) is 5.88. The van der Waals surface area contributed by atoms with Crippen molar-refractivity contribution in [1.29, 1.82) is 0 Å². The summed E-state index contributed by atoms with van der Waals surface area (Å²) in [7, 11) is 1.99. The van der Waals surface area contributed by atoms with Crippen molar-refractivity contribution in [3.8, 4) is 0 Å². The van der Waals surface area contributed by atoms with Crippen LogP contribution in [0.4, 0.5) is 5.69 Å². The first kappa shape index (κ1) is 13.9. The number of anilines is 1. The van der Waals surface area contributed by atoms with Gasteiger partial charge in [0.25, 0.3) is 0 Å². The summed E-state index contributed by atoms with van der Waals surface area (Å²) in [5.74, 6) is -1.40. The van der Waals surface area contributed by atoms with Crippen LogP contribution >= 0.6 is 11.6 Å². The van der Waals surface area contributed by atoms with E-state index in [-0.39, 0.29) is 5.54 Å². The van der Waals surface area contributed by atoms with Crippen molar-refractivity contribution in [2.45, 2.75) is 32.2 Å². The number of hydrogen-bond donors (Lipinski definition) is 1. The van der Waals surface area contributed by atoms with Crippen molar-refractivity contribution in [2.75, 3.05) is 11.9 Å². The third-order valence-corrected chi connectivity index (χ3v) is 4.14. The molecule has 19 heavy (non-hydrogen) atoms. The Hall–Kier alpha value is -1.48. The Kier molecular flexibility index (Phi) is 3.35. The first-order chi connectivity index (χ1) is 8.74. The molecular formula is C15H18ClNO2. The second kappa shape index (κ2) is 4.57. The van der Waals surface area contributed by atoms with E-state index in [4.69, 9.17) is 16.7 Å². The number of aliphatic carboxylic acids is 1. The number of fused-ring (bicyclic) bond motifs is 1. The van der Waals surface area contributed by atoms with E-state index >= 15 is 0 Å². The van der Waals surface area contributed by atoms with E-state index in [0.29, 0.717) is 5.02 Å². The number of carboxylic acids is 1. The maximum Gasteiger partial charge on any atom is 0.310 e. The molecular weight excluding hydrogens is 262 g/mol. The van der Waals surface area contributed by atoms with Crippen molar-refractivity contribution >= 4 is 29.3 Å². The highest BCUT2D eigenvalue weighted by molar-refractivity contribution is 6.33. The fourth-order valence-corrected chi connectivity index (χ4v) is 2.57. The Morgan fingerprint density at radius 3 is 2.63 bits per heavy atom. The molecule has 4 heteroatoms. The van der Waals surface area contributed by atoms with Crippen molar-refractivity contribution in [3.63, 3.8) is 0 Å². The van der Waals surface area contributed by atoms with Gasteiger partial charge < -0.3 is 10.0 Å². The van der Waals surface area contributed by atoms with Crippen LogP contribution in [0.5, 0.6) is 0 Å². The van der Waals surface area contributed by atoms with Crippen molar-refractivity contribution in [3.05, 3.63) is 34.4 Å². The summed E-state index contributed by atoms with van der Waals surface area (Å²) >= 11 is 6.35. The second-order valence-electron chi connectivity index (χ2n) is 5.55. The average Bonchev–Trinajstić information content (AvgIpc) is 2.32. The summed E-state index contributed by atoms with van der Waals surface area (Å²) in [6.07, 6.45) is 4.11. The summed E-state index contributed by atoms with van der Waals surface area (Å²) in [5.41, 5.74) is 2.55. The Morgan fingerprint density at radius 2 is 2.05 bits per heavy atom. The van der Waals surface area contributed by atoms with Crippen LogP contribution in [-0.2, 0) is 4.79 Å². The Morgan fingerprint density at radius 1 is 1.42 bits per heavy atom. The molecule has 1 aliphatic rings. The molecule has 0 fully saturated rings. The quantitative estimate of drug-likeness (QED) is 0.896. The van der Waals surface area contributed by atoms with Crippen LogP contribution in [0.15, 0.2) is 18.2 Å². The fourth-order valence-electron chi connectivity index (χ4n) is 2.21. The van der Waals surface area contributed by atoms with Gasteiger partial charge in [0, 0.05) is 7.05 Å². The molecule has 1 aliphatic heterocycles. The van der Waals surface area contributed by atoms with Crippen molar-refractivity contribution < 1.29 is 9.90 Å². The lowest BCUT2D eigenvalue weighted by Crippen LogP contribution is -2.41. The molecule has 0 bridgehead atoms. The molecule has 102 valence electrons. The standard InChI is InChI=1S/C15H18ClNO2/c1-9(14(18)19)11-7-10-5-6-15(2,3)17(4)13(10)12(16)8-11/h5-9H,1-4H3,(H,18,19). The minimum Gasteiger partial charge on any atom is -0.481 e. The van der Waals surface area contributed by atoms with Crippen LogP contribution < -0.4 is 4.90 Å². The molecule has 1 aromatic carbocycles. The van der Waals surface area contributed by atoms with Crippen LogP contribution in [0.3, 0.4) is 0 Å². The molecule has 0 aliphatic carbocycles. The van der Waals surface area contributed by atoms with Gasteiger partial charge in [0.2, 0.25) is 0 Å². The SMILES string of the molecule is CC(C(=O)O)c1cc(Cl)c2c(c1)C=CC(C)(C)N2C. The smallest absolute Gasteiger partial charge is 0.310 e. The summed E-state index contributed by atoms with van der Waals surface area (Å²) in [5, 5.41) is 9.69. The van der Waals surface area contributed by atoms with E-state index in [9.17, 15) is 4.79 Å². The lowest BCUT2D eigenvalue weighted by atomic mass is 9.91. The monoisotopic (exact) mass is 279 g/mol. The van der Waals surface area contributed by atoms with Crippen molar-refractivity contribution in [1.82, 2.24) is 0 Å². The van der Waals surface area contributed by atoms with E-state index in [1.54, 1.807) is 13.0 Å². The van der Waals surface area contributed by atoms with Gasteiger partial charge in [-0.15, -0.1) is 0 Å². The molecule has 1 N–H and O–H groups in total. The van der Waals surface area contributed by atoms with E-state index in [1.165, 1.54) is 0 Å². The van der Waals surface area contributed by atoms with Crippen molar-refractivity contribution in [2.24, 2.45) is 0 Å². The van der Waals surface area contributed by atoms with Crippen LogP contribution in [0.25, 0.3) is 6.08 Å². The number of carbonyl (C=O) groups is 1. The van der Waals surface area contributed by atoms with Crippen LogP contribution in [0.2, 0.25) is 5.02 Å². The van der Waals surface area contributed by atoms with Gasteiger partial charge >= 0.3 is 5.97 Å². The zero-order valence-electron chi connectivity index (χ0n) is 11.6.